The maximum atomic E-state index is 12.6. The molecular formula is C14H24N2O2S3. The predicted octanol–water partition coefficient (Wildman–Crippen LogP) is 2.81. The number of nitrogens with one attached hydrogen (secondary N) is 2. The van der Waals surface area contributed by atoms with Crippen molar-refractivity contribution < 1.29 is 8.42 Å². The van der Waals surface area contributed by atoms with Gasteiger partial charge in [-0.25, -0.2) is 13.1 Å². The van der Waals surface area contributed by atoms with E-state index in [4.69, 9.17) is 0 Å². The molecule has 0 unspecified atom stereocenters. The third-order valence-electron chi connectivity index (χ3n) is 3.86. The van der Waals surface area contributed by atoms with Crippen LogP contribution in [0.3, 0.4) is 0 Å². The SMILES string of the molecule is CCNCc1sccc1S(=O)(=O)NC1CCC(SC)CC1. The smallest absolute Gasteiger partial charge is 0.241 e. The fourth-order valence-corrected chi connectivity index (χ4v) is 6.10. The maximum Gasteiger partial charge on any atom is 0.241 e. The van der Waals surface area contributed by atoms with Crippen molar-refractivity contribution in [2.75, 3.05) is 12.8 Å². The molecule has 1 saturated carbocycles. The molecule has 0 amide bonds. The number of thiophene rings is 1. The second kappa shape index (κ2) is 7.97. The van der Waals surface area contributed by atoms with Gasteiger partial charge in [0.15, 0.2) is 0 Å². The Labute approximate surface area is 136 Å². The molecule has 0 aliphatic heterocycles. The Balaban J connectivity index is 2.00. The molecule has 0 bridgehead atoms. The third kappa shape index (κ3) is 4.69. The summed E-state index contributed by atoms with van der Waals surface area (Å²) in [5.41, 5.74) is 0. The van der Waals surface area contributed by atoms with Crippen LogP contribution in [0.5, 0.6) is 0 Å². The lowest BCUT2D eigenvalue weighted by molar-refractivity contribution is 0.420. The summed E-state index contributed by atoms with van der Waals surface area (Å²) in [5.74, 6) is 0. The van der Waals surface area contributed by atoms with Gasteiger partial charge in [-0.3, -0.25) is 0 Å². The zero-order valence-corrected chi connectivity index (χ0v) is 15.0. The van der Waals surface area contributed by atoms with E-state index in [2.05, 4.69) is 16.3 Å². The van der Waals surface area contributed by atoms with E-state index in [1.165, 1.54) is 11.3 Å². The normalized spacial score (nSPS) is 23.3. The van der Waals surface area contributed by atoms with Crippen LogP contribution in [0.2, 0.25) is 0 Å². The lowest BCUT2D eigenvalue weighted by atomic mass is 9.96. The van der Waals surface area contributed by atoms with Crippen LogP contribution in [0.4, 0.5) is 0 Å². The summed E-state index contributed by atoms with van der Waals surface area (Å²) in [7, 11) is -3.39. The lowest BCUT2D eigenvalue weighted by Crippen LogP contribution is -2.38. The van der Waals surface area contributed by atoms with Gasteiger partial charge >= 0.3 is 0 Å². The van der Waals surface area contributed by atoms with Crippen LogP contribution < -0.4 is 10.0 Å². The van der Waals surface area contributed by atoms with Gasteiger partial charge in [-0.05, 0) is 49.9 Å². The number of rotatable bonds is 7. The first-order chi connectivity index (χ1) is 10.1. The highest BCUT2D eigenvalue weighted by atomic mass is 32.2. The van der Waals surface area contributed by atoms with E-state index in [1.54, 1.807) is 6.07 Å². The van der Waals surface area contributed by atoms with Crippen molar-refractivity contribution in [1.29, 1.82) is 0 Å². The highest BCUT2D eigenvalue weighted by Gasteiger charge is 2.27. The summed E-state index contributed by atoms with van der Waals surface area (Å²) < 4.78 is 28.0. The Morgan fingerprint density at radius 2 is 2.05 bits per heavy atom. The third-order valence-corrected chi connectivity index (χ3v) is 7.65. The van der Waals surface area contributed by atoms with E-state index in [0.29, 0.717) is 16.7 Å². The van der Waals surface area contributed by atoms with Crippen molar-refractivity contribution in [3.63, 3.8) is 0 Å². The molecule has 0 radical (unpaired) electrons. The van der Waals surface area contributed by atoms with E-state index in [-0.39, 0.29) is 6.04 Å². The molecule has 1 aliphatic carbocycles. The van der Waals surface area contributed by atoms with Crippen LogP contribution in [0.15, 0.2) is 16.3 Å². The number of sulfonamides is 1. The Kier molecular flexibility index (Phi) is 6.55. The van der Waals surface area contributed by atoms with Gasteiger partial charge in [-0.15, -0.1) is 11.3 Å². The summed E-state index contributed by atoms with van der Waals surface area (Å²) in [5, 5.41) is 5.74. The molecule has 0 aromatic carbocycles. The molecule has 7 heteroatoms. The van der Waals surface area contributed by atoms with Crippen LogP contribution in [-0.4, -0.2) is 32.5 Å². The van der Waals surface area contributed by atoms with E-state index in [1.807, 2.05) is 24.1 Å². The first-order valence-corrected chi connectivity index (χ1v) is 11.0. The van der Waals surface area contributed by atoms with E-state index in [0.717, 1.165) is 37.1 Å². The molecule has 0 spiro atoms. The maximum absolute atomic E-state index is 12.6. The molecule has 2 rings (SSSR count). The van der Waals surface area contributed by atoms with Crippen LogP contribution in [-0.2, 0) is 16.6 Å². The van der Waals surface area contributed by atoms with Crippen molar-refractivity contribution in [1.82, 2.24) is 10.0 Å². The average Bonchev–Trinajstić information content (AvgIpc) is 2.95. The van der Waals surface area contributed by atoms with E-state index >= 15 is 0 Å². The van der Waals surface area contributed by atoms with Gasteiger partial charge in [0.25, 0.3) is 0 Å². The van der Waals surface area contributed by atoms with Gasteiger partial charge in [0.1, 0.15) is 0 Å². The minimum absolute atomic E-state index is 0.0882. The summed E-state index contributed by atoms with van der Waals surface area (Å²) in [6.07, 6.45) is 6.22. The number of hydrogen-bond donors (Lipinski definition) is 2. The highest BCUT2D eigenvalue weighted by Crippen LogP contribution is 2.28. The van der Waals surface area contributed by atoms with Crippen LogP contribution in [0, 0.1) is 0 Å². The van der Waals surface area contributed by atoms with Crippen molar-refractivity contribution >= 4 is 33.1 Å². The number of hydrogen-bond acceptors (Lipinski definition) is 5. The van der Waals surface area contributed by atoms with Gasteiger partial charge in [-0.2, -0.15) is 11.8 Å². The molecule has 4 nitrogen and oxygen atoms in total. The largest absolute Gasteiger partial charge is 0.312 e. The number of thioether (sulfide) groups is 1. The zero-order chi connectivity index (χ0) is 15.3. The van der Waals surface area contributed by atoms with E-state index in [9.17, 15) is 8.42 Å². The summed E-state index contributed by atoms with van der Waals surface area (Å²) in [6, 6.07) is 1.80. The van der Waals surface area contributed by atoms with Crippen LogP contribution in [0.25, 0.3) is 0 Å². The van der Waals surface area contributed by atoms with Gasteiger partial charge in [0, 0.05) is 22.7 Å². The van der Waals surface area contributed by atoms with Crippen molar-refractivity contribution in [2.45, 2.75) is 55.3 Å². The molecular weight excluding hydrogens is 324 g/mol. The Hall–Kier alpha value is -0.0800. The molecule has 21 heavy (non-hydrogen) atoms. The van der Waals surface area contributed by atoms with Crippen molar-refractivity contribution in [3.05, 3.63) is 16.3 Å². The fraction of sp³-hybridized carbons (Fsp3) is 0.714. The lowest BCUT2D eigenvalue weighted by Gasteiger charge is -2.27. The molecule has 1 aromatic heterocycles. The van der Waals surface area contributed by atoms with Crippen molar-refractivity contribution in [3.8, 4) is 0 Å². The van der Waals surface area contributed by atoms with Gasteiger partial charge < -0.3 is 5.32 Å². The molecule has 0 atom stereocenters. The topological polar surface area (TPSA) is 58.2 Å². The Morgan fingerprint density at radius 1 is 1.33 bits per heavy atom. The minimum atomic E-state index is -3.39. The molecule has 120 valence electrons. The summed E-state index contributed by atoms with van der Waals surface area (Å²) in [4.78, 5) is 1.34. The standard InChI is InChI=1S/C14H24N2O2S3/c1-3-15-10-13-14(8-9-20-13)21(17,18)16-11-4-6-12(19-2)7-5-11/h8-9,11-12,15-16H,3-7,10H2,1-2H3. The molecule has 0 saturated heterocycles. The highest BCUT2D eigenvalue weighted by molar-refractivity contribution is 7.99. The van der Waals surface area contributed by atoms with Crippen LogP contribution in [0.1, 0.15) is 37.5 Å². The Morgan fingerprint density at radius 3 is 2.67 bits per heavy atom. The Bertz CT molecular complexity index is 534. The molecule has 1 aliphatic rings. The first-order valence-electron chi connectivity index (χ1n) is 7.39. The fourth-order valence-electron chi connectivity index (χ4n) is 2.64. The van der Waals surface area contributed by atoms with Crippen molar-refractivity contribution in [2.24, 2.45) is 0 Å². The first kappa shape index (κ1) is 17.3. The predicted molar refractivity (Wildman–Crippen MR) is 91.6 cm³/mol. The quantitative estimate of drug-likeness (QED) is 0.795. The zero-order valence-electron chi connectivity index (χ0n) is 12.6. The van der Waals surface area contributed by atoms with Gasteiger partial charge in [0.05, 0.1) is 4.90 Å². The molecule has 1 fully saturated rings. The van der Waals surface area contributed by atoms with Gasteiger partial charge in [0.2, 0.25) is 10.0 Å². The second-order valence-electron chi connectivity index (χ2n) is 5.32. The second-order valence-corrected chi connectivity index (χ2v) is 9.14. The molecule has 2 N–H and O–H groups in total. The van der Waals surface area contributed by atoms with Gasteiger partial charge in [-0.1, -0.05) is 6.92 Å². The van der Waals surface area contributed by atoms with Crippen LogP contribution >= 0.6 is 23.1 Å². The molecule has 1 aromatic rings. The minimum Gasteiger partial charge on any atom is -0.312 e. The van der Waals surface area contributed by atoms with E-state index < -0.39 is 10.0 Å². The summed E-state index contributed by atoms with van der Waals surface area (Å²) in [6.45, 7) is 3.47. The monoisotopic (exact) mass is 348 g/mol. The summed E-state index contributed by atoms with van der Waals surface area (Å²) >= 11 is 3.39. The molecule has 1 heterocycles. The average molecular weight is 349 g/mol.